The van der Waals surface area contributed by atoms with Gasteiger partial charge in [0.2, 0.25) is 5.91 Å². The minimum absolute atomic E-state index is 0.261. The molecule has 0 aromatic carbocycles. The van der Waals surface area contributed by atoms with Crippen LogP contribution in [0, 0.1) is 5.41 Å². The maximum Gasteiger partial charge on any atom is 0.220 e. The summed E-state index contributed by atoms with van der Waals surface area (Å²) in [6.07, 6.45) is 1.87. The summed E-state index contributed by atoms with van der Waals surface area (Å²) in [6, 6.07) is 0.469. The molecule has 0 bridgehead atoms. The lowest BCUT2D eigenvalue weighted by atomic mass is 9.82. The summed E-state index contributed by atoms with van der Waals surface area (Å²) in [6.45, 7) is 2.15. The quantitative estimate of drug-likeness (QED) is 0.638. The van der Waals surface area contributed by atoms with E-state index in [4.69, 9.17) is 0 Å². The summed E-state index contributed by atoms with van der Waals surface area (Å²) in [5.41, 5.74) is 0.358. The number of hydrogen-bond acceptors (Lipinski definition) is 2. The van der Waals surface area contributed by atoms with Crippen molar-refractivity contribution in [2.45, 2.75) is 25.8 Å². The molecule has 2 saturated heterocycles. The lowest BCUT2D eigenvalue weighted by molar-refractivity contribution is -0.119. The molecule has 11 heavy (non-hydrogen) atoms. The van der Waals surface area contributed by atoms with Crippen molar-refractivity contribution in [3.63, 3.8) is 0 Å². The maximum absolute atomic E-state index is 11.1. The standard InChI is InChI=1S/C8H13NOS/c1-2-6-8(4-11-5-8)3-7(10)9-6/h6H,2-5H2,1H3,(H,9,10). The number of rotatable bonds is 1. The molecule has 1 amide bonds. The molecule has 1 atom stereocenters. The molecular weight excluding hydrogens is 158 g/mol. The van der Waals surface area contributed by atoms with E-state index in [-0.39, 0.29) is 5.91 Å². The van der Waals surface area contributed by atoms with Crippen LogP contribution in [0.2, 0.25) is 0 Å². The second-order valence-electron chi connectivity index (χ2n) is 3.56. The van der Waals surface area contributed by atoms with E-state index in [0.717, 1.165) is 12.8 Å². The molecule has 0 radical (unpaired) electrons. The third kappa shape index (κ3) is 0.975. The first kappa shape index (κ1) is 7.47. The minimum atomic E-state index is 0.261. The van der Waals surface area contributed by atoms with Gasteiger partial charge in [-0.2, -0.15) is 11.8 Å². The van der Waals surface area contributed by atoms with Gasteiger partial charge < -0.3 is 5.32 Å². The van der Waals surface area contributed by atoms with Crippen LogP contribution in [0.15, 0.2) is 0 Å². The van der Waals surface area contributed by atoms with Gasteiger partial charge in [-0.3, -0.25) is 4.79 Å². The van der Waals surface area contributed by atoms with Crippen molar-refractivity contribution >= 4 is 17.7 Å². The normalized spacial score (nSPS) is 33.5. The Morgan fingerprint density at radius 2 is 2.45 bits per heavy atom. The fourth-order valence-electron chi connectivity index (χ4n) is 2.04. The van der Waals surface area contributed by atoms with Crippen molar-refractivity contribution in [1.29, 1.82) is 0 Å². The monoisotopic (exact) mass is 171 g/mol. The largest absolute Gasteiger partial charge is 0.353 e. The molecule has 62 valence electrons. The predicted molar refractivity (Wildman–Crippen MR) is 46.6 cm³/mol. The summed E-state index contributed by atoms with van der Waals surface area (Å²) in [5, 5.41) is 3.04. The minimum Gasteiger partial charge on any atom is -0.353 e. The second-order valence-corrected chi connectivity index (χ2v) is 4.55. The Kier molecular flexibility index (Phi) is 1.63. The molecule has 2 nitrogen and oxygen atoms in total. The molecule has 0 aromatic rings. The van der Waals surface area contributed by atoms with Gasteiger partial charge in [-0.05, 0) is 6.42 Å². The van der Waals surface area contributed by atoms with Gasteiger partial charge in [0.05, 0.1) is 0 Å². The SMILES string of the molecule is CCC1NC(=O)CC12CSC2. The Hall–Kier alpha value is -0.180. The van der Waals surface area contributed by atoms with E-state index in [1.54, 1.807) is 0 Å². The van der Waals surface area contributed by atoms with Crippen molar-refractivity contribution in [3.8, 4) is 0 Å². The Balaban J connectivity index is 2.13. The summed E-state index contributed by atoms with van der Waals surface area (Å²) >= 11 is 1.96. The van der Waals surface area contributed by atoms with Gasteiger partial charge in [0, 0.05) is 29.4 Å². The zero-order chi connectivity index (χ0) is 7.90. The molecule has 1 N–H and O–H groups in total. The van der Waals surface area contributed by atoms with E-state index in [1.165, 1.54) is 11.5 Å². The molecule has 0 saturated carbocycles. The van der Waals surface area contributed by atoms with E-state index in [9.17, 15) is 4.79 Å². The van der Waals surface area contributed by atoms with Crippen molar-refractivity contribution < 1.29 is 4.79 Å². The average molecular weight is 171 g/mol. The van der Waals surface area contributed by atoms with E-state index in [2.05, 4.69) is 12.2 Å². The van der Waals surface area contributed by atoms with Gasteiger partial charge in [-0.15, -0.1) is 0 Å². The number of thioether (sulfide) groups is 1. The predicted octanol–water partition coefficient (Wildman–Crippen LogP) is 1.02. The molecule has 2 heterocycles. The Labute approximate surface area is 71.1 Å². The van der Waals surface area contributed by atoms with Crippen LogP contribution in [-0.4, -0.2) is 23.5 Å². The van der Waals surface area contributed by atoms with E-state index < -0.39 is 0 Å². The van der Waals surface area contributed by atoms with Crippen LogP contribution >= 0.6 is 11.8 Å². The van der Waals surface area contributed by atoms with Crippen LogP contribution < -0.4 is 5.32 Å². The van der Waals surface area contributed by atoms with Gasteiger partial charge in [0.15, 0.2) is 0 Å². The molecule has 2 aliphatic rings. The second kappa shape index (κ2) is 2.41. The highest BCUT2D eigenvalue weighted by atomic mass is 32.2. The molecule has 3 heteroatoms. The smallest absolute Gasteiger partial charge is 0.220 e. The van der Waals surface area contributed by atoms with Crippen LogP contribution in [0.1, 0.15) is 19.8 Å². The fourth-order valence-corrected chi connectivity index (χ4v) is 3.38. The molecule has 1 spiro atoms. The first-order valence-corrected chi connectivity index (χ1v) is 5.29. The number of carbonyl (C=O) groups excluding carboxylic acids is 1. The molecule has 1 unspecified atom stereocenters. The number of carbonyl (C=O) groups is 1. The van der Waals surface area contributed by atoms with Crippen molar-refractivity contribution in [2.24, 2.45) is 5.41 Å². The third-order valence-electron chi connectivity index (χ3n) is 2.77. The van der Waals surface area contributed by atoms with Gasteiger partial charge in [0.1, 0.15) is 0 Å². The van der Waals surface area contributed by atoms with E-state index in [1.807, 2.05) is 11.8 Å². The Morgan fingerprint density at radius 1 is 1.73 bits per heavy atom. The molecule has 2 fully saturated rings. The van der Waals surface area contributed by atoms with Gasteiger partial charge in [-0.25, -0.2) is 0 Å². The first-order valence-electron chi connectivity index (χ1n) is 4.14. The van der Waals surface area contributed by atoms with Crippen LogP contribution in [0.3, 0.4) is 0 Å². The van der Waals surface area contributed by atoms with Crippen molar-refractivity contribution in [1.82, 2.24) is 5.32 Å². The summed E-state index contributed by atoms with van der Waals surface area (Å²) in [7, 11) is 0. The lowest BCUT2D eigenvalue weighted by Gasteiger charge is -2.41. The third-order valence-corrected chi connectivity index (χ3v) is 4.33. The van der Waals surface area contributed by atoms with Crippen LogP contribution in [-0.2, 0) is 4.79 Å². The molecular formula is C8H13NOS. The van der Waals surface area contributed by atoms with E-state index >= 15 is 0 Å². The Bertz CT molecular complexity index is 189. The first-order chi connectivity index (χ1) is 5.27. The number of hydrogen-bond donors (Lipinski definition) is 1. The zero-order valence-corrected chi connectivity index (χ0v) is 7.54. The highest BCUT2D eigenvalue weighted by Crippen LogP contribution is 2.47. The van der Waals surface area contributed by atoms with Gasteiger partial charge in [-0.1, -0.05) is 6.92 Å². The van der Waals surface area contributed by atoms with Crippen molar-refractivity contribution in [3.05, 3.63) is 0 Å². The molecule has 0 aromatic heterocycles. The highest BCUT2D eigenvalue weighted by Gasteiger charge is 2.50. The van der Waals surface area contributed by atoms with Crippen LogP contribution in [0.25, 0.3) is 0 Å². The van der Waals surface area contributed by atoms with E-state index in [0.29, 0.717) is 11.5 Å². The molecule has 0 aliphatic carbocycles. The van der Waals surface area contributed by atoms with Crippen molar-refractivity contribution in [2.75, 3.05) is 11.5 Å². The van der Waals surface area contributed by atoms with Gasteiger partial charge >= 0.3 is 0 Å². The lowest BCUT2D eigenvalue weighted by Crippen LogP contribution is -2.45. The molecule has 2 aliphatic heterocycles. The summed E-state index contributed by atoms with van der Waals surface area (Å²) in [4.78, 5) is 11.1. The zero-order valence-electron chi connectivity index (χ0n) is 6.72. The van der Waals surface area contributed by atoms with Crippen LogP contribution in [0.4, 0.5) is 0 Å². The van der Waals surface area contributed by atoms with Gasteiger partial charge in [0.25, 0.3) is 0 Å². The van der Waals surface area contributed by atoms with Crippen LogP contribution in [0.5, 0.6) is 0 Å². The average Bonchev–Trinajstić information content (AvgIpc) is 2.25. The maximum atomic E-state index is 11.1. The fraction of sp³-hybridized carbons (Fsp3) is 0.875. The number of amides is 1. The highest BCUT2D eigenvalue weighted by molar-refractivity contribution is 8.00. The topological polar surface area (TPSA) is 29.1 Å². The Morgan fingerprint density at radius 3 is 2.82 bits per heavy atom. The summed E-state index contributed by atoms with van der Waals surface area (Å²) in [5.74, 6) is 2.63. The molecule has 2 rings (SSSR count). The summed E-state index contributed by atoms with van der Waals surface area (Å²) < 4.78 is 0. The number of nitrogens with one attached hydrogen (secondary N) is 1.